The van der Waals surface area contributed by atoms with Gasteiger partial charge >= 0.3 is 0 Å². The highest BCUT2D eigenvalue weighted by atomic mass is 16.5. The van der Waals surface area contributed by atoms with Crippen LogP contribution in [0.15, 0.2) is 199 Å². The van der Waals surface area contributed by atoms with Gasteiger partial charge in [0.25, 0.3) is 0 Å². The van der Waals surface area contributed by atoms with E-state index >= 15 is 0 Å². The van der Waals surface area contributed by atoms with Crippen LogP contribution in [0.4, 0.5) is 34.1 Å². The molecule has 0 fully saturated rings. The van der Waals surface area contributed by atoms with Gasteiger partial charge in [0.05, 0.1) is 33.9 Å². The van der Waals surface area contributed by atoms with Gasteiger partial charge in [-0.15, -0.1) is 0 Å². The first-order chi connectivity index (χ1) is 30.5. The number of para-hydroxylation sites is 4. The average Bonchev–Trinajstić information content (AvgIpc) is 3.92. The Bertz CT molecular complexity index is 3530. The summed E-state index contributed by atoms with van der Waals surface area (Å²) in [6.07, 6.45) is 0. The molecule has 4 heteroatoms. The molecule has 0 radical (unpaired) electrons. The maximum absolute atomic E-state index is 7.17. The van der Waals surface area contributed by atoms with Crippen molar-refractivity contribution in [1.82, 2.24) is 0 Å². The highest BCUT2D eigenvalue weighted by Gasteiger charge is 2.53. The molecule has 0 amide bonds. The van der Waals surface area contributed by atoms with Crippen LogP contribution >= 0.6 is 0 Å². The van der Waals surface area contributed by atoms with Gasteiger partial charge in [-0.25, -0.2) is 0 Å². The number of ether oxygens (including phenoxy) is 1. The molecule has 3 heterocycles. The lowest BCUT2D eigenvalue weighted by Crippen LogP contribution is -2.37. The SMILES string of the molecule is CC1(C)c2ccccc2-c2ccc(N(c3ccc4c(c3)Oc3cccc5c3N4c3ccccc3C53c4ccccc4-c4ccccc43)c3cccc4c3oc3ccccc34)cc21. The minimum atomic E-state index is -0.504. The monoisotopic (exact) mass is 794 g/mol. The molecule has 0 atom stereocenters. The summed E-state index contributed by atoms with van der Waals surface area (Å²) in [5.41, 5.74) is 20.2. The summed E-state index contributed by atoms with van der Waals surface area (Å²) in [6, 6.07) is 70.7. The van der Waals surface area contributed by atoms with Gasteiger partial charge in [0.15, 0.2) is 17.1 Å². The molecule has 0 saturated heterocycles. The summed E-state index contributed by atoms with van der Waals surface area (Å²) in [5.74, 6) is 1.63. The highest BCUT2D eigenvalue weighted by Crippen LogP contribution is 2.67. The van der Waals surface area contributed by atoms with Gasteiger partial charge in [0.2, 0.25) is 0 Å². The Morgan fingerprint density at radius 1 is 0.435 bits per heavy atom. The lowest BCUT2D eigenvalue weighted by molar-refractivity contribution is 0.474. The first kappa shape index (κ1) is 34.0. The fraction of sp³-hybridized carbons (Fsp3) is 0.0690. The predicted molar refractivity (Wildman–Crippen MR) is 252 cm³/mol. The van der Waals surface area contributed by atoms with Crippen LogP contribution in [0.1, 0.15) is 47.2 Å². The van der Waals surface area contributed by atoms with Crippen molar-refractivity contribution >= 4 is 56.1 Å². The van der Waals surface area contributed by atoms with Gasteiger partial charge < -0.3 is 19.0 Å². The smallest absolute Gasteiger partial charge is 0.159 e. The molecule has 1 spiro atoms. The summed E-state index contributed by atoms with van der Waals surface area (Å²) in [5, 5.41) is 2.19. The van der Waals surface area contributed by atoms with Crippen LogP contribution in [0.5, 0.6) is 11.5 Å². The summed E-state index contributed by atoms with van der Waals surface area (Å²) < 4.78 is 13.9. The lowest BCUT2D eigenvalue weighted by atomic mass is 9.64. The van der Waals surface area contributed by atoms with E-state index < -0.39 is 5.41 Å². The van der Waals surface area contributed by atoms with Gasteiger partial charge in [-0.2, -0.15) is 0 Å². The van der Waals surface area contributed by atoms with Crippen LogP contribution in [0.2, 0.25) is 0 Å². The number of hydrogen-bond donors (Lipinski definition) is 0. The van der Waals surface area contributed by atoms with E-state index in [4.69, 9.17) is 9.15 Å². The van der Waals surface area contributed by atoms with Gasteiger partial charge in [-0.05, 0) is 104 Å². The summed E-state index contributed by atoms with van der Waals surface area (Å²) in [7, 11) is 0. The van der Waals surface area contributed by atoms with Crippen LogP contribution in [-0.2, 0) is 10.8 Å². The number of hydrogen-bond acceptors (Lipinski definition) is 4. The summed E-state index contributed by atoms with van der Waals surface area (Å²) in [4.78, 5) is 4.79. The molecule has 4 aliphatic rings. The molecule has 62 heavy (non-hydrogen) atoms. The molecule has 14 rings (SSSR count). The van der Waals surface area contributed by atoms with E-state index in [1.165, 1.54) is 55.6 Å². The molecular weight excluding hydrogens is 757 g/mol. The zero-order valence-electron chi connectivity index (χ0n) is 34.2. The molecule has 0 saturated carbocycles. The molecule has 2 aliphatic carbocycles. The number of fused-ring (bicyclic) bond motifs is 17. The Morgan fingerprint density at radius 3 is 1.84 bits per heavy atom. The van der Waals surface area contributed by atoms with Crippen LogP contribution in [0, 0.1) is 0 Å². The van der Waals surface area contributed by atoms with Crippen LogP contribution in [0.3, 0.4) is 0 Å². The zero-order chi connectivity index (χ0) is 40.9. The zero-order valence-corrected chi connectivity index (χ0v) is 34.2. The minimum Gasteiger partial charge on any atom is -0.454 e. The number of anilines is 6. The highest BCUT2D eigenvalue weighted by molar-refractivity contribution is 6.10. The number of nitrogens with zero attached hydrogens (tertiary/aromatic N) is 2. The topological polar surface area (TPSA) is 28.9 Å². The van der Waals surface area contributed by atoms with Gasteiger partial charge in [0, 0.05) is 27.9 Å². The van der Waals surface area contributed by atoms with Gasteiger partial charge in [0.1, 0.15) is 5.58 Å². The van der Waals surface area contributed by atoms with Crippen molar-refractivity contribution in [3.63, 3.8) is 0 Å². The van der Waals surface area contributed by atoms with Gasteiger partial charge in [-0.1, -0.05) is 153 Å². The average molecular weight is 795 g/mol. The standard InChI is InChI=1S/C58H38N2O2/c1-57(2)43-20-7-3-15-37(43)40-31-29-35(33-48(40)57)59(51-26-13-19-42-41-18-6-12-27-52(41)62-56(42)51)36-30-32-50-54(34-36)61-53-28-14-24-47-55(53)60(50)49-25-11-10-23-46(49)58(47)44-21-8-4-16-38(44)39-17-5-9-22-45(39)58/h3-34H,1-2H3. The number of rotatable bonds is 3. The van der Waals surface area contributed by atoms with E-state index in [1.807, 2.05) is 6.07 Å². The first-order valence-electron chi connectivity index (χ1n) is 21.5. The third-order valence-corrected chi connectivity index (χ3v) is 14.2. The normalized spacial score (nSPS) is 15.0. The van der Waals surface area contributed by atoms with Crippen molar-refractivity contribution in [1.29, 1.82) is 0 Å². The Balaban J connectivity index is 0.988. The van der Waals surface area contributed by atoms with E-state index in [-0.39, 0.29) is 5.41 Å². The van der Waals surface area contributed by atoms with Crippen molar-refractivity contribution in [3.05, 3.63) is 228 Å². The van der Waals surface area contributed by atoms with Crippen molar-refractivity contribution in [2.75, 3.05) is 9.80 Å². The molecule has 9 aromatic carbocycles. The van der Waals surface area contributed by atoms with Crippen molar-refractivity contribution in [2.24, 2.45) is 0 Å². The molecular formula is C58H38N2O2. The van der Waals surface area contributed by atoms with Crippen molar-refractivity contribution in [2.45, 2.75) is 24.7 Å². The molecule has 10 aromatic rings. The Labute approximate surface area is 359 Å². The first-order valence-corrected chi connectivity index (χ1v) is 21.5. The Hall–Kier alpha value is -7.82. The minimum absolute atomic E-state index is 0.168. The Morgan fingerprint density at radius 2 is 1.03 bits per heavy atom. The summed E-state index contributed by atoms with van der Waals surface area (Å²) in [6.45, 7) is 4.68. The third-order valence-electron chi connectivity index (χ3n) is 14.2. The van der Waals surface area contributed by atoms with E-state index in [9.17, 15) is 0 Å². The summed E-state index contributed by atoms with van der Waals surface area (Å²) >= 11 is 0. The van der Waals surface area contributed by atoms with Crippen molar-refractivity contribution < 1.29 is 9.15 Å². The molecule has 292 valence electrons. The molecule has 2 aliphatic heterocycles. The second kappa shape index (κ2) is 11.9. The third kappa shape index (κ3) is 4.16. The van der Waals surface area contributed by atoms with Crippen LogP contribution in [0.25, 0.3) is 44.2 Å². The van der Waals surface area contributed by atoms with E-state index in [1.54, 1.807) is 0 Å². The Kier molecular flexibility index (Phi) is 6.53. The van der Waals surface area contributed by atoms with E-state index in [2.05, 4.69) is 212 Å². The fourth-order valence-electron chi connectivity index (χ4n) is 11.6. The quantitative estimate of drug-likeness (QED) is 0.178. The predicted octanol–water partition coefficient (Wildman–Crippen LogP) is 15.6. The van der Waals surface area contributed by atoms with E-state index in [0.717, 1.165) is 67.6 Å². The molecule has 4 nitrogen and oxygen atoms in total. The van der Waals surface area contributed by atoms with Gasteiger partial charge in [-0.3, -0.25) is 0 Å². The largest absolute Gasteiger partial charge is 0.454 e. The van der Waals surface area contributed by atoms with Crippen LogP contribution in [-0.4, -0.2) is 0 Å². The van der Waals surface area contributed by atoms with Crippen LogP contribution < -0.4 is 14.5 Å². The van der Waals surface area contributed by atoms with Crippen molar-refractivity contribution in [3.8, 4) is 33.8 Å². The fourth-order valence-corrected chi connectivity index (χ4v) is 11.6. The number of furan rings is 1. The lowest BCUT2D eigenvalue weighted by Gasteiger charge is -2.47. The molecule has 0 N–H and O–H groups in total. The second-order valence-corrected chi connectivity index (χ2v) is 17.6. The molecule has 0 unspecified atom stereocenters. The maximum Gasteiger partial charge on any atom is 0.159 e. The molecule has 1 aromatic heterocycles. The number of benzene rings is 9. The van der Waals surface area contributed by atoms with E-state index in [0.29, 0.717) is 0 Å². The second-order valence-electron chi connectivity index (χ2n) is 17.6. The maximum atomic E-state index is 7.17. The molecule has 0 bridgehead atoms.